The van der Waals surface area contributed by atoms with Crippen LogP contribution in [-0.2, 0) is 4.79 Å². The van der Waals surface area contributed by atoms with Crippen LogP contribution in [0.4, 0.5) is 11.4 Å². The van der Waals surface area contributed by atoms with Gasteiger partial charge in [-0.15, -0.1) is 0 Å². The van der Waals surface area contributed by atoms with Gasteiger partial charge in [-0.1, -0.05) is 0 Å². The Balaban J connectivity index is 2.34. The lowest BCUT2D eigenvalue weighted by molar-refractivity contribution is -0.113. The number of hydrazine groups is 1. The van der Waals surface area contributed by atoms with Crippen LogP contribution in [0.5, 0.6) is 0 Å². The summed E-state index contributed by atoms with van der Waals surface area (Å²) in [5.74, 6) is 5.72. The largest absolute Gasteiger partial charge is 0.398 e. The van der Waals surface area contributed by atoms with Crippen LogP contribution in [0.3, 0.4) is 0 Å². The van der Waals surface area contributed by atoms with E-state index >= 15 is 0 Å². The van der Waals surface area contributed by atoms with E-state index in [1.54, 1.807) is 50.9 Å². The van der Waals surface area contributed by atoms with Crippen molar-refractivity contribution in [2.24, 2.45) is 5.84 Å². The molecule has 1 aliphatic heterocycles. The summed E-state index contributed by atoms with van der Waals surface area (Å²) in [5, 5.41) is 19.7. The second-order valence-corrected chi connectivity index (χ2v) is 5.85. The minimum atomic E-state index is -0.425. The molecule has 0 radical (unpaired) electrons. The molecule has 0 fully saturated rings. The van der Waals surface area contributed by atoms with E-state index in [2.05, 4.69) is 5.32 Å². The lowest BCUT2D eigenvalue weighted by Crippen LogP contribution is -2.56. The maximum absolute atomic E-state index is 12.7. The Kier molecular flexibility index (Phi) is 4.61. The van der Waals surface area contributed by atoms with Crippen molar-refractivity contribution < 1.29 is 4.79 Å². The van der Waals surface area contributed by atoms with E-state index in [9.17, 15) is 4.79 Å². The van der Waals surface area contributed by atoms with Gasteiger partial charge in [0.25, 0.3) is 5.91 Å². The molecule has 1 heterocycles. The van der Waals surface area contributed by atoms with Crippen molar-refractivity contribution in [3.63, 3.8) is 0 Å². The molecule has 1 aromatic carbocycles. The number of nitrogens with two attached hydrogens (primary N) is 2. The lowest BCUT2D eigenvalue weighted by Gasteiger charge is -2.39. The normalized spacial score (nSPS) is 18.0. The first-order valence-electron chi connectivity index (χ1n) is 7.48. The van der Waals surface area contributed by atoms with E-state index in [0.717, 1.165) is 0 Å². The van der Waals surface area contributed by atoms with Crippen molar-refractivity contribution >= 4 is 29.0 Å². The average molecular weight is 329 g/mol. The van der Waals surface area contributed by atoms with Gasteiger partial charge >= 0.3 is 0 Å². The van der Waals surface area contributed by atoms with Crippen LogP contribution >= 0.6 is 0 Å². The number of nitrogen functional groups attached to an aromatic ring is 1. The second-order valence-electron chi connectivity index (χ2n) is 5.85. The molecule has 128 valence electrons. The highest BCUT2D eigenvalue weighted by Crippen LogP contribution is 2.25. The maximum Gasteiger partial charge on any atom is 0.255 e. The first kappa shape index (κ1) is 17.5. The van der Waals surface area contributed by atoms with Crippen LogP contribution < -0.4 is 16.9 Å². The summed E-state index contributed by atoms with van der Waals surface area (Å²) in [6.07, 6.45) is 0. The first-order valence-corrected chi connectivity index (χ1v) is 7.48. The van der Waals surface area contributed by atoms with Crippen LogP contribution in [0.1, 0.15) is 26.3 Å². The summed E-state index contributed by atoms with van der Waals surface area (Å²) in [5.41, 5.74) is 8.95. The summed E-state index contributed by atoms with van der Waals surface area (Å²) in [6.45, 7) is 5.19. The van der Waals surface area contributed by atoms with Crippen LogP contribution in [0.25, 0.3) is 0 Å². The van der Waals surface area contributed by atoms with Gasteiger partial charge in [0.15, 0.2) is 0 Å². The van der Waals surface area contributed by atoms with Gasteiger partial charge in [0.1, 0.15) is 0 Å². The third-order valence-electron chi connectivity index (χ3n) is 4.25. The predicted octanol–water partition coefficient (Wildman–Crippen LogP) is 1.31. The summed E-state index contributed by atoms with van der Waals surface area (Å²) >= 11 is 0. The molecule has 7 N–H and O–H groups in total. The molecule has 1 unspecified atom stereocenters. The molecule has 0 spiro atoms. The van der Waals surface area contributed by atoms with Gasteiger partial charge < -0.3 is 21.4 Å². The van der Waals surface area contributed by atoms with Crippen LogP contribution in [0.15, 0.2) is 29.5 Å². The van der Waals surface area contributed by atoms with E-state index < -0.39 is 6.04 Å². The molecular formula is C16H23N7O. The number of hydrogen-bond acceptors (Lipinski definition) is 5. The van der Waals surface area contributed by atoms with Gasteiger partial charge in [-0.2, -0.15) is 0 Å². The van der Waals surface area contributed by atoms with Gasteiger partial charge in [-0.3, -0.25) is 15.2 Å². The predicted molar refractivity (Wildman–Crippen MR) is 95.7 cm³/mol. The fraction of sp³-hybridized carbons (Fsp3) is 0.312. The van der Waals surface area contributed by atoms with Crippen LogP contribution in [0.2, 0.25) is 0 Å². The highest BCUT2D eigenvalue weighted by molar-refractivity contribution is 6.08. The van der Waals surface area contributed by atoms with Crippen LogP contribution in [-0.4, -0.2) is 40.6 Å². The molecule has 1 aromatic rings. The summed E-state index contributed by atoms with van der Waals surface area (Å²) in [7, 11) is 1.69. The Bertz CT molecular complexity index is 753. The van der Waals surface area contributed by atoms with Gasteiger partial charge in [0, 0.05) is 35.4 Å². The molecule has 0 aromatic heterocycles. The molecule has 0 aliphatic carbocycles. The zero-order valence-corrected chi connectivity index (χ0v) is 14.3. The summed E-state index contributed by atoms with van der Waals surface area (Å²) in [4.78, 5) is 14.3. The van der Waals surface area contributed by atoms with Crippen molar-refractivity contribution in [2.45, 2.75) is 26.8 Å². The molecule has 8 heteroatoms. The fourth-order valence-electron chi connectivity index (χ4n) is 2.65. The molecule has 2 rings (SSSR count). The molecule has 0 saturated carbocycles. The lowest BCUT2D eigenvalue weighted by atomic mass is 10.0. The topological polar surface area (TPSA) is 135 Å². The second kappa shape index (κ2) is 6.32. The standard InChI is InChI=1S/C16H23N7O/c1-8(17)12-7-11(5-6-13(12)18)21-15(24)14-9(2)22(4)16(19)23(20)10(14)3/h5-7,10,17,19H,18,20H2,1-4H3,(H,21,24). The van der Waals surface area contributed by atoms with E-state index in [-0.39, 0.29) is 11.9 Å². The van der Waals surface area contributed by atoms with Crippen molar-refractivity contribution in [3.8, 4) is 0 Å². The number of anilines is 2. The highest BCUT2D eigenvalue weighted by Gasteiger charge is 2.33. The molecule has 0 saturated heterocycles. The number of hydrogen-bond donors (Lipinski definition) is 5. The van der Waals surface area contributed by atoms with Gasteiger partial charge in [-0.05, 0) is 39.0 Å². The quantitative estimate of drug-likeness (QED) is 0.324. The Labute approximate surface area is 141 Å². The Hall–Kier alpha value is -2.87. The van der Waals surface area contributed by atoms with E-state index in [1.807, 2.05) is 0 Å². The van der Waals surface area contributed by atoms with E-state index in [1.165, 1.54) is 5.01 Å². The van der Waals surface area contributed by atoms with Crippen molar-refractivity contribution in [1.82, 2.24) is 9.91 Å². The number of carbonyl (C=O) groups excluding carboxylic acids is 1. The number of rotatable bonds is 3. The minimum absolute atomic E-state index is 0.130. The van der Waals surface area contributed by atoms with Crippen LogP contribution in [0, 0.1) is 10.8 Å². The van der Waals surface area contributed by atoms with Gasteiger partial charge in [-0.25, -0.2) is 5.84 Å². The SMILES string of the molecule is CC(=N)c1cc(NC(=O)C2=C(C)N(C)C(=N)N(N)C2C)ccc1N. The molecule has 24 heavy (non-hydrogen) atoms. The molecule has 1 amide bonds. The number of carbonyl (C=O) groups is 1. The summed E-state index contributed by atoms with van der Waals surface area (Å²) < 4.78 is 0. The molecular weight excluding hydrogens is 306 g/mol. The number of nitrogens with zero attached hydrogens (tertiary/aromatic N) is 2. The monoisotopic (exact) mass is 329 g/mol. The van der Waals surface area contributed by atoms with E-state index in [0.29, 0.717) is 33.9 Å². The zero-order chi connectivity index (χ0) is 18.2. The third kappa shape index (κ3) is 2.95. The molecule has 1 atom stereocenters. The number of nitrogens with one attached hydrogen (secondary N) is 3. The minimum Gasteiger partial charge on any atom is -0.398 e. The fourth-order valence-corrected chi connectivity index (χ4v) is 2.65. The molecule has 8 nitrogen and oxygen atoms in total. The number of amides is 1. The zero-order valence-electron chi connectivity index (χ0n) is 14.3. The molecule has 0 bridgehead atoms. The van der Waals surface area contributed by atoms with E-state index in [4.69, 9.17) is 22.4 Å². The highest BCUT2D eigenvalue weighted by atomic mass is 16.1. The third-order valence-corrected chi connectivity index (χ3v) is 4.25. The van der Waals surface area contributed by atoms with Gasteiger partial charge in [0.05, 0.1) is 11.6 Å². The Morgan fingerprint density at radius 3 is 2.58 bits per heavy atom. The van der Waals surface area contributed by atoms with Crippen molar-refractivity contribution in [2.75, 3.05) is 18.1 Å². The number of guanidine groups is 1. The number of benzene rings is 1. The Morgan fingerprint density at radius 1 is 1.38 bits per heavy atom. The smallest absolute Gasteiger partial charge is 0.255 e. The van der Waals surface area contributed by atoms with Crippen molar-refractivity contribution in [3.05, 3.63) is 35.0 Å². The van der Waals surface area contributed by atoms with Crippen molar-refractivity contribution in [1.29, 1.82) is 10.8 Å². The first-order chi connectivity index (χ1) is 11.1. The number of allylic oxidation sites excluding steroid dienone is 1. The van der Waals surface area contributed by atoms with Gasteiger partial charge in [0.2, 0.25) is 5.96 Å². The maximum atomic E-state index is 12.7. The molecule has 1 aliphatic rings. The summed E-state index contributed by atoms with van der Waals surface area (Å²) in [6, 6.07) is 4.59. The Morgan fingerprint density at radius 2 is 2.00 bits per heavy atom. The average Bonchev–Trinajstić information content (AvgIpc) is 2.52.